The Hall–Kier alpha value is -1.30. The highest BCUT2D eigenvalue weighted by Gasteiger charge is 2.24. The van der Waals surface area contributed by atoms with Crippen LogP contribution in [-0.4, -0.2) is 54.4 Å². The van der Waals surface area contributed by atoms with Crippen LogP contribution in [0.25, 0.3) is 0 Å². The summed E-state index contributed by atoms with van der Waals surface area (Å²) in [7, 11) is 1.75. The lowest BCUT2D eigenvalue weighted by Crippen LogP contribution is -2.49. The van der Waals surface area contributed by atoms with Gasteiger partial charge < -0.3 is 20.1 Å². The molecule has 1 aliphatic heterocycles. The maximum atomic E-state index is 12.0. The van der Waals surface area contributed by atoms with E-state index in [4.69, 9.17) is 9.84 Å². The number of carboxylic acid groups (broad SMARTS) is 1. The summed E-state index contributed by atoms with van der Waals surface area (Å²) in [6.07, 6.45) is 2.24. The molecule has 1 unspecified atom stereocenters. The number of carboxylic acids is 1. The predicted octanol–water partition coefficient (Wildman–Crippen LogP) is 1.06. The van der Waals surface area contributed by atoms with E-state index in [-0.39, 0.29) is 24.5 Å². The number of rotatable bonds is 5. The van der Waals surface area contributed by atoms with Crippen LogP contribution in [0.5, 0.6) is 0 Å². The standard InChI is InChI=1S/C12H22N2O4/c1-3-9(8-11(15)16)13-12(17)14(2)10-4-6-18-7-5-10/h9-10H,3-8H2,1-2H3,(H,13,17)(H,15,16). The third-order valence-electron chi connectivity index (χ3n) is 3.30. The SMILES string of the molecule is CCC(CC(=O)O)NC(=O)N(C)C1CCOCC1. The lowest BCUT2D eigenvalue weighted by atomic mass is 10.1. The van der Waals surface area contributed by atoms with Crippen molar-refractivity contribution in [2.75, 3.05) is 20.3 Å². The van der Waals surface area contributed by atoms with Crippen molar-refractivity contribution in [2.45, 2.75) is 44.7 Å². The lowest BCUT2D eigenvalue weighted by molar-refractivity contribution is -0.137. The van der Waals surface area contributed by atoms with Gasteiger partial charge in [0.25, 0.3) is 0 Å². The summed E-state index contributed by atoms with van der Waals surface area (Å²) in [5, 5.41) is 11.5. The van der Waals surface area contributed by atoms with E-state index in [9.17, 15) is 9.59 Å². The topological polar surface area (TPSA) is 78.9 Å². The highest BCUT2D eigenvalue weighted by Crippen LogP contribution is 2.13. The van der Waals surface area contributed by atoms with Crippen LogP contribution in [0.1, 0.15) is 32.6 Å². The third-order valence-corrected chi connectivity index (χ3v) is 3.30. The number of nitrogens with one attached hydrogen (secondary N) is 1. The molecule has 104 valence electrons. The van der Waals surface area contributed by atoms with Gasteiger partial charge in [0.1, 0.15) is 0 Å². The second-order valence-corrected chi connectivity index (χ2v) is 4.61. The number of ether oxygens (including phenoxy) is 1. The summed E-state index contributed by atoms with van der Waals surface area (Å²) in [5.74, 6) is -0.893. The van der Waals surface area contributed by atoms with E-state index in [1.54, 1.807) is 11.9 Å². The summed E-state index contributed by atoms with van der Waals surface area (Å²) in [6, 6.07) is -0.326. The molecule has 1 aliphatic rings. The number of urea groups is 1. The summed E-state index contributed by atoms with van der Waals surface area (Å²) in [6.45, 7) is 3.21. The van der Waals surface area contributed by atoms with Gasteiger partial charge in [0.05, 0.1) is 6.42 Å². The zero-order valence-electron chi connectivity index (χ0n) is 11.0. The molecule has 0 aromatic rings. The van der Waals surface area contributed by atoms with E-state index in [2.05, 4.69) is 5.32 Å². The summed E-state index contributed by atoms with van der Waals surface area (Å²) in [4.78, 5) is 24.3. The van der Waals surface area contributed by atoms with Gasteiger partial charge in [-0.15, -0.1) is 0 Å². The first-order chi connectivity index (χ1) is 8.54. The molecule has 1 rings (SSSR count). The second kappa shape index (κ2) is 7.20. The monoisotopic (exact) mass is 258 g/mol. The zero-order valence-corrected chi connectivity index (χ0v) is 11.0. The minimum absolute atomic E-state index is 0.0378. The largest absolute Gasteiger partial charge is 0.481 e. The number of aliphatic carboxylic acids is 1. The highest BCUT2D eigenvalue weighted by atomic mass is 16.5. The average molecular weight is 258 g/mol. The van der Waals surface area contributed by atoms with Crippen LogP contribution >= 0.6 is 0 Å². The molecule has 2 N–H and O–H groups in total. The lowest BCUT2D eigenvalue weighted by Gasteiger charge is -2.32. The third kappa shape index (κ3) is 4.52. The van der Waals surface area contributed by atoms with Crippen LogP contribution in [-0.2, 0) is 9.53 Å². The first-order valence-electron chi connectivity index (χ1n) is 6.37. The first-order valence-corrected chi connectivity index (χ1v) is 6.37. The average Bonchev–Trinajstić information content (AvgIpc) is 2.37. The number of carbonyl (C=O) groups is 2. The first kappa shape index (κ1) is 14.8. The Morgan fingerprint density at radius 1 is 1.44 bits per heavy atom. The molecule has 0 aromatic carbocycles. The van der Waals surface area contributed by atoms with Crippen LogP contribution in [0, 0.1) is 0 Å². The number of hydrogen-bond donors (Lipinski definition) is 2. The molecule has 0 bridgehead atoms. The molecule has 0 spiro atoms. The molecule has 1 heterocycles. The fourth-order valence-electron chi connectivity index (χ4n) is 2.02. The molecule has 18 heavy (non-hydrogen) atoms. The molecule has 1 atom stereocenters. The van der Waals surface area contributed by atoms with Crippen LogP contribution in [0.15, 0.2) is 0 Å². The molecule has 0 radical (unpaired) electrons. The second-order valence-electron chi connectivity index (χ2n) is 4.61. The summed E-state index contributed by atoms with van der Waals surface area (Å²) in [5.41, 5.74) is 0. The summed E-state index contributed by atoms with van der Waals surface area (Å²) < 4.78 is 5.25. The smallest absolute Gasteiger partial charge is 0.317 e. The van der Waals surface area contributed by atoms with Crippen molar-refractivity contribution < 1.29 is 19.4 Å². The Morgan fingerprint density at radius 3 is 2.56 bits per heavy atom. The van der Waals surface area contributed by atoms with Crippen molar-refractivity contribution in [3.05, 3.63) is 0 Å². The Balaban J connectivity index is 2.44. The predicted molar refractivity (Wildman–Crippen MR) is 66.5 cm³/mol. The van der Waals surface area contributed by atoms with Gasteiger partial charge in [0.2, 0.25) is 0 Å². The van der Waals surface area contributed by atoms with E-state index in [1.807, 2.05) is 6.92 Å². The quantitative estimate of drug-likeness (QED) is 0.773. The van der Waals surface area contributed by atoms with Gasteiger partial charge in [0, 0.05) is 32.3 Å². The molecule has 0 aromatic heterocycles. The van der Waals surface area contributed by atoms with Gasteiger partial charge >= 0.3 is 12.0 Å². The van der Waals surface area contributed by atoms with Crippen molar-refractivity contribution in [1.82, 2.24) is 10.2 Å². The number of hydrogen-bond acceptors (Lipinski definition) is 3. The molecule has 0 saturated carbocycles. The Labute approximate surface area is 107 Å². The molecule has 6 heteroatoms. The minimum Gasteiger partial charge on any atom is -0.481 e. The van der Waals surface area contributed by atoms with Crippen LogP contribution in [0.3, 0.4) is 0 Å². The van der Waals surface area contributed by atoms with Gasteiger partial charge in [-0.2, -0.15) is 0 Å². The van der Waals surface area contributed by atoms with Gasteiger partial charge in [-0.1, -0.05) is 6.92 Å². The number of carbonyl (C=O) groups excluding carboxylic acids is 1. The maximum Gasteiger partial charge on any atom is 0.317 e. The van der Waals surface area contributed by atoms with Gasteiger partial charge in [-0.05, 0) is 19.3 Å². The molecular formula is C12H22N2O4. The highest BCUT2D eigenvalue weighted by molar-refractivity contribution is 5.76. The molecule has 1 fully saturated rings. The van der Waals surface area contributed by atoms with Crippen LogP contribution < -0.4 is 5.32 Å². The van der Waals surface area contributed by atoms with Crippen LogP contribution in [0.4, 0.5) is 4.79 Å². The molecule has 0 aliphatic carbocycles. The molecular weight excluding hydrogens is 236 g/mol. The Kier molecular flexibility index (Phi) is 5.91. The van der Waals surface area contributed by atoms with Gasteiger partial charge in [-0.25, -0.2) is 4.79 Å². The number of nitrogens with zero attached hydrogens (tertiary/aromatic N) is 1. The Bertz CT molecular complexity index is 290. The zero-order chi connectivity index (χ0) is 13.5. The van der Waals surface area contributed by atoms with Crippen molar-refractivity contribution in [1.29, 1.82) is 0 Å². The van der Waals surface area contributed by atoms with E-state index in [1.165, 1.54) is 0 Å². The molecule has 1 saturated heterocycles. The van der Waals surface area contributed by atoms with Crippen molar-refractivity contribution in [3.63, 3.8) is 0 Å². The van der Waals surface area contributed by atoms with E-state index in [0.29, 0.717) is 19.6 Å². The number of amides is 2. The normalized spacial score (nSPS) is 18.1. The molecule has 6 nitrogen and oxygen atoms in total. The Morgan fingerprint density at radius 2 is 2.06 bits per heavy atom. The molecule has 2 amide bonds. The fourth-order valence-corrected chi connectivity index (χ4v) is 2.02. The van der Waals surface area contributed by atoms with E-state index < -0.39 is 5.97 Å². The van der Waals surface area contributed by atoms with Crippen LogP contribution in [0.2, 0.25) is 0 Å². The minimum atomic E-state index is -0.893. The van der Waals surface area contributed by atoms with Crippen molar-refractivity contribution in [3.8, 4) is 0 Å². The van der Waals surface area contributed by atoms with Crippen molar-refractivity contribution in [2.24, 2.45) is 0 Å². The summed E-state index contributed by atoms with van der Waals surface area (Å²) >= 11 is 0. The van der Waals surface area contributed by atoms with Crippen molar-refractivity contribution >= 4 is 12.0 Å². The van der Waals surface area contributed by atoms with Gasteiger partial charge in [0.15, 0.2) is 0 Å². The fraction of sp³-hybridized carbons (Fsp3) is 0.833. The van der Waals surface area contributed by atoms with Gasteiger partial charge in [-0.3, -0.25) is 4.79 Å². The van der Waals surface area contributed by atoms with E-state index in [0.717, 1.165) is 12.8 Å². The maximum absolute atomic E-state index is 12.0. The van der Waals surface area contributed by atoms with E-state index >= 15 is 0 Å².